The molecule has 1 saturated heterocycles. The van der Waals surface area contributed by atoms with Crippen molar-refractivity contribution in [3.8, 4) is 0 Å². The Hall–Kier alpha value is -2.77. The molecule has 2 amide bonds. The van der Waals surface area contributed by atoms with Crippen molar-refractivity contribution < 1.29 is 27.2 Å². The van der Waals surface area contributed by atoms with E-state index in [2.05, 4.69) is 10.6 Å². The maximum Gasteiger partial charge on any atom is 0.416 e. The van der Waals surface area contributed by atoms with Crippen LogP contribution in [0.3, 0.4) is 0 Å². The van der Waals surface area contributed by atoms with Gasteiger partial charge in [0.25, 0.3) is 0 Å². The summed E-state index contributed by atoms with van der Waals surface area (Å²) in [6.45, 7) is -0.202. The molecule has 3 rings (SSSR count). The van der Waals surface area contributed by atoms with Crippen LogP contribution in [0, 0.1) is 0 Å². The van der Waals surface area contributed by atoms with Gasteiger partial charge >= 0.3 is 6.18 Å². The third-order valence-corrected chi connectivity index (χ3v) is 4.96. The monoisotopic (exact) mass is 394 g/mol. The quantitative estimate of drug-likeness (QED) is 0.754. The predicted octanol–water partition coefficient (Wildman–Crippen LogP) is 3.59. The van der Waals surface area contributed by atoms with E-state index in [-0.39, 0.29) is 30.3 Å². The van der Waals surface area contributed by atoms with Crippen molar-refractivity contribution in [3.63, 3.8) is 0 Å². The fraction of sp³-hybridized carbons (Fsp3) is 0.400. The Morgan fingerprint density at radius 2 is 2.00 bits per heavy atom. The van der Waals surface area contributed by atoms with Crippen LogP contribution in [-0.4, -0.2) is 17.4 Å². The molecule has 0 saturated carbocycles. The molecule has 5 nitrogen and oxygen atoms in total. The van der Waals surface area contributed by atoms with Crippen LogP contribution in [0.2, 0.25) is 0 Å². The molecular weight excluding hydrogens is 373 g/mol. The molecule has 2 aromatic rings. The minimum absolute atomic E-state index is 0.0165. The van der Waals surface area contributed by atoms with Crippen LogP contribution in [0.15, 0.2) is 47.1 Å². The van der Waals surface area contributed by atoms with E-state index < -0.39 is 17.3 Å². The molecule has 1 atom stereocenters. The van der Waals surface area contributed by atoms with Crippen molar-refractivity contribution in [2.45, 2.75) is 50.4 Å². The normalized spacial score (nSPS) is 19.5. The zero-order chi connectivity index (χ0) is 20.2. The lowest BCUT2D eigenvalue weighted by molar-refractivity contribution is -0.138. The van der Waals surface area contributed by atoms with Crippen molar-refractivity contribution in [3.05, 3.63) is 59.5 Å². The molecule has 8 heteroatoms. The summed E-state index contributed by atoms with van der Waals surface area (Å²) < 4.78 is 44.4. The van der Waals surface area contributed by atoms with E-state index in [9.17, 15) is 22.8 Å². The number of benzene rings is 1. The lowest BCUT2D eigenvalue weighted by Gasteiger charge is -2.28. The van der Waals surface area contributed by atoms with Crippen LogP contribution in [-0.2, 0) is 28.7 Å². The minimum Gasteiger partial charge on any atom is -0.469 e. The van der Waals surface area contributed by atoms with E-state index in [1.54, 1.807) is 18.4 Å². The first kappa shape index (κ1) is 20.0. The number of halogens is 3. The molecule has 0 aliphatic carbocycles. The van der Waals surface area contributed by atoms with Crippen molar-refractivity contribution in [2.75, 3.05) is 0 Å². The summed E-state index contributed by atoms with van der Waals surface area (Å²) in [7, 11) is 0. The minimum atomic E-state index is -4.47. The molecular formula is C20H21F3N2O3. The number of carbonyl (C=O) groups is 2. The smallest absolute Gasteiger partial charge is 0.416 e. The van der Waals surface area contributed by atoms with Gasteiger partial charge in [-0.15, -0.1) is 0 Å². The molecule has 2 heterocycles. The topological polar surface area (TPSA) is 71.3 Å². The molecule has 0 unspecified atom stereocenters. The molecule has 1 aromatic carbocycles. The van der Waals surface area contributed by atoms with Crippen LogP contribution in [0.4, 0.5) is 13.2 Å². The molecule has 0 bridgehead atoms. The number of amides is 2. The molecule has 1 fully saturated rings. The van der Waals surface area contributed by atoms with Crippen LogP contribution in [0.5, 0.6) is 0 Å². The van der Waals surface area contributed by atoms with Gasteiger partial charge in [0.15, 0.2) is 0 Å². The second kappa shape index (κ2) is 8.08. The summed E-state index contributed by atoms with van der Waals surface area (Å²) in [6.07, 6.45) is -1.03. The maximum atomic E-state index is 13.0. The van der Waals surface area contributed by atoms with Gasteiger partial charge in [-0.25, -0.2) is 0 Å². The lowest BCUT2D eigenvalue weighted by Crippen LogP contribution is -2.44. The number of carbonyl (C=O) groups excluding carboxylic acids is 2. The van der Waals surface area contributed by atoms with Crippen LogP contribution in [0.25, 0.3) is 0 Å². The van der Waals surface area contributed by atoms with E-state index in [0.29, 0.717) is 31.4 Å². The maximum absolute atomic E-state index is 13.0. The largest absolute Gasteiger partial charge is 0.469 e. The highest BCUT2D eigenvalue weighted by molar-refractivity contribution is 5.80. The van der Waals surface area contributed by atoms with Crippen molar-refractivity contribution in [1.29, 1.82) is 0 Å². The first-order chi connectivity index (χ1) is 13.3. The van der Waals surface area contributed by atoms with Crippen LogP contribution < -0.4 is 10.6 Å². The Bertz CT molecular complexity index is 833. The summed E-state index contributed by atoms with van der Waals surface area (Å²) in [5, 5.41) is 5.48. The Balaban J connectivity index is 1.58. The molecule has 0 radical (unpaired) electrons. The van der Waals surface area contributed by atoms with E-state index in [1.807, 2.05) is 0 Å². The fourth-order valence-electron chi connectivity index (χ4n) is 3.51. The number of hydrogen-bond acceptors (Lipinski definition) is 3. The van der Waals surface area contributed by atoms with E-state index in [1.165, 1.54) is 18.2 Å². The summed E-state index contributed by atoms with van der Waals surface area (Å²) in [5.74, 6) is 0.268. The van der Waals surface area contributed by atoms with E-state index in [0.717, 1.165) is 6.07 Å². The van der Waals surface area contributed by atoms with Gasteiger partial charge in [0.05, 0.1) is 11.8 Å². The van der Waals surface area contributed by atoms with Crippen molar-refractivity contribution in [1.82, 2.24) is 10.6 Å². The lowest BCUT2D eigenvalue weighted by atomic mass is 9.87. The van der Waals surface area contributed by atoms with Crippen molar-refractivity contribution >= 4 is 11.8 Å². The Labute approximate surface area is 160 Å². The average Bonchev–Trinajstić information content (AvgIpc) is 3.28. The molecule has 2 N–H and O–H groups in total. The zero-order valence-corrected chi connectivity index (χ0v) is 15.1. The summed E-state index contributed by atoms with van der Waals surface area (Å²) >= 11 is 0. The van der Waals surface area contributed by atoms with Gasteiger partial charge in [-0.1, -0.05) is 18.2 Å². The molecule has 1 aliphatic rings. The average molecular weight is 394 g/mol. The van der Waals surface area contributed by atoms with Gasteiger partial charge in [-0.2, -0.15) is 13.2 Å². The second-order valence-electron chi connectivity index (χ2n) is 7.02. The third-order valence-electron chi connectivity index (χ3n) is 4.96. The first-order valence-electron chi connectivity index (χ1n) is 9.03. The third kappa shape index (κ3) is 4.94. The number of hydrogen-bond donors (Lipinski definition) is 2. The molecule has 1 aliphatic heterocycles. The highest BCUT2D eigenvalue weighted by Crippen LogP contribution is 2.32. The number of rotatable bonds is 7. The first-order valence-corrected chi connectivity index (χ1v) is 9.03. The summed E-state index contributed by atoms with van der Waals surface area (Å²) in [4.78, 5) is 24.0. The van der Waals surface area contributed by atoms with Crippen LogP contribution in [0.1, 0.15) is 42.6 Å². The number of nitrogens with one attached hydrogen (secondary N) is 2. The van der Waals surface area contributed by atoms with Gasteiger partial charge in [0.1, 0.15) is 5.76 Å². The highest BCUT2D eigenvalue weighted by atomic mass is 19.4. The Morgan fingerprint density at radius 1 is 1.21 bits per heavy atom. The summed E-state index contributed by atoms with van der Waals surface area (Å²) in [5.41, 5.74) is -1.31. The molecule has 0 spiro atoms. The number of alkyl halides is 3. The van der Waals surface area contributed by atoms with Crippen molar-refractivity contribution in [2.24, 2.45) is 0 Å². The Morgan fingerprint density at radius 3 is 2.64 bits per heavy atom. The molecule has 28 heavy (non-hydrogen) atoms. The van der Waals surface area contributed by atoms with E-state index >= 15 is 0 Å². The fourth-order valence-corrected chi connectivity index (χ4v) is 3.51. The van der Waals surface area contributed by atoms with Gasteiger partial charge < -0.3 is 15.1 Å². The van der Waals surface area contributed by atoms with E-state index in [4.69, 9.17) is 4.42 Å². The van der Waals surface area contributed by atoms with Gasteiger partial charge in [-0.05, 0) is 36.6 Å². The summed E-state index contributed by atoms with van der Waals surface area (Å²) in [6, 6.07) is 8.72. The second-order valence-corrected chi connectivity index (χ2v) is 7.02. The number of furan rings is 1. The zero-order valence-electron chi connectivity index (χ0n) is 15.1. The van der Waals surface area contributed by atoms with Crippen LogP contribution >= 0.6 is 0 Å². The molecule has 150 valence electrons. The molecule has 1 aromatic heterocycles. The highest BCUT2D eigenvalue weighted by Gasteiger charge is 2.38. The van der Waals surface area contributed by atoms with Gasteiger partial charge in [-0.3, -0.25) is 9.59 Å². The Kier molecular flexibility index (Phi) is 5.76. The standard InChI is InChI=1S/C20H21F3N2O3/c21-20(22,23)16-6-2-1-4-14(16)13-24-17(26)7-9-19(10-8-18(27)25-19)12-15-5-3-11-28-15/h1-6,11H,7-10,12-13H2,(H,24,26)(H,25,27)/t19-/m0/s1. The SMILES string of the molecule is O=C(CC[C@@]1(Cc2ccco2)CCC(=O)N1)NCc1ccccc1C(F)(F)F. The van der Waals surface area contributed by atoms with Gasteiger partial charge in [0.2, 0.25) is 11.8 Å². The predicted molar refractivity (Wildman–Crippen MR) is 95.0 cm³/mol. The van der Waals surface area contributed by atoms with Gasteiger partial charge in [0, 0.05) is 31.3 Å².